The monoisotopic (exact) mass is 742 g/mol. The molecular formula is C32H50Ge2O2S4. The third-order valence-corrected chi connectivity index (χ3v) is 39.6. The average molecular weight is 740 g/mol. The maximum absolute atomic E-state index is 6.11. The van der Waals surface area contributed by atoms with Gasteiger partial charge < -0.3 is 0 Å². The molecule has 0 radical (unpaired) electrons. The fourth-order valence-electron chi connectivity index (χ4n) is 5.61. The van der Waals surface area contributed by atoms with Gasteiger partial charge in [-0.1, -0.05) is 0 Å². The van der Waals surface area contributed by atoms with Crippen molar-refractivity contribution in [3.8, 4) is 11.5 Å². The standard InChI is InChI=1S/C32H50Ge2O2S4/c1-33(2,3)31(37-23-11-24-38-31)27-13-17-29(18-14-27)35-21-9-7-8-10-22-36-30-19-15-28(16-20-30)32(34(4,5)6)39-25-12-26-40-32/h13-20H,7-12,21-26H2,1-6H3. The zero-order valence-electron chi connectivity index (χ0n) is 25.6. The van der Waals surface area contributed by atoms with Gasteiger partial charge in [0.25, 0.3) is 0 Å². The maximum atomic E-state index is 6.11. The minimum absolute atomic E-state index is 0.325. The van der Waals surface area contributed by atoms with Crippen LogP contribution in [0.1, 0.15) is 49.7 Å². The van der Waals surface area contributed by atoms with Gasteiger partial charge in [-0.25, -0.2) is 0 Å². The summed E-state index contributed by atoms with van der Waals surface area (Å²) in [7, 11) is 0. The first-order valence-corrected chi connectivity index (χ1v) is 33.7. The molecule has 0 aromatic heterocycles. The van der Waals surface area contributed by atoms with E-state index in [1.165, 1.54) is 59.8 Å². The van der Waals surface area contributed by atoms with Crippen LogP contribution >= 0.6 is 47.0 Å². The molecule has 0 spiro atoms. The van der Waals surface area contributed by atoms with Gasteiger partial charge in [-0.3, -0.25) is 0 Å². The fourth-order valence-corrected chi connectivity index (χ4v) is 30.7. The minimum atomic E-state index is -1.94. The van der Waals surface area contributed by atoms with Crippen molar-refractivity contribution >= 4 is 73.6 Å². The number of hydrogen-bond donors (Lipinski definition) is 0. The molecule has 2 heterocycles. The predicted octanol–water partition coefficient (Wildman–Crippen LogP) is 10.5. The quantitative estimate of drug-likeness (QED) is 0.149. The summed E-state index contributed by atoms with van der Waals surface area (Å²) in [4.78, 5) is 0. The summed E-state index contributed by atoms with van der Waals surface area (Å²) >= 11 is 4.96. The SMILES string of the molecule is [CH3][Ge]([CH3])([CH3])[C]1(c2ccc(OCCCCCCOc3ccc([C]4([Ge]([CH3])([CH3])[CH3])SCCCS4)cc3)cc2)SCCCS1. The van der Waals surface area contributed by atoms with Gasteiger partial charge in [-0.05, 0) is 0 Å². The van der Waals surface area contributed by atoms with E-state index in [0.717, 1.165) is 37.6 Å². The number of thioether (sulfide) groups is 4. The molecule has 0 aliphatic carbocycles. The Morgan fingerprint density at radius 1 is 0.525 bits per heavy atom. The van der Waals surface area contributed by atoms with Gasteiger partial charge in [0, 0.05) is 0 Å². The molecule has 0 amide bonds. The first-order chi connectivity index (χ1) is 19.1. The second-order valence-electron chi connectivity index (χ2n) is 13.0. The topological polar surface area (TPSA) is 18.5 Å². The van der Waals surface area contributed by atoms with Gasteiger partial charge in [-0.15, -0.1) is 0 Å². The van der Waals surface area contributed by atoms with E-state index in [1.54, 1.807) is 0 Å². The van der Waals surface area contributed by atoms with Crippen molar-refractivity contribution in [1.82, 2.24) is 0 Å². The molecule has 40 heavy (non-hydrogen) atoms. The van der Waals surface area contributed by atoms with E-state index in [2.05, 4.69) is 130 Å². The second kappa shape index (κ2) is 15.0. The summed E-state index contributed by atoms with van der Waals surface area (Å²) < 4.78 is 12.9. The van der Waals surface area contributed by atoms with Crippen LogP contribution in [-0.4, -0.2) is 62.8 Å². The van der Waals surface area contributed by atoms with Gasteiger partial charge in [0.1, 0.15) is 0 Å². The summed E-state index contributed by atoms with van der Waals surface area (Å²) in [6.07, 6.45) is 7.24. The van der Waals surface area contributed by atoms with Crippen LogP contribution in [0.4, 0.5) is 0 Å². The van der Waals surface area contributed by atoms with Gasteiger partial charge >= 0.3 is 269 Å². The molecule has 0 bridgehead atoms. The third-order valence-electron chi connectivity index (χ3n) is 7.82. The number of unbranched alkanes of at least 4 members (excludes halogenated alkanes) is 3. The van der Waals surface area contributed by atoms with E-state index >= 15 is 0 Å². The molecule has 2 aromatic carbocycles. The summed E-state index contributed by atoms with van der Waals surface area (Å²) in [6.45, 7) is 1.59. The average Bonchev–Trinajstić information content (AvgIpc) is 2.95. The number of benzene rings is 2. The Morgan fingerprint density at radius 2 is 0.850 bits per heavy atom. The van der Waals surface area contributed by atoms with Crippen molar-refractivity contribution in [2.24, 2.45) is 0 Å². The van der Waals surface area contributed by atoms with Crippen LogP contribution in [0.15, 0.2) is 48.5 Å². The van der Waals surface area contributed by atoms with E-state index in [9.17, 15) is 0 Å². The first-order valence-electron chi connectivity index (χ1n) is 15.1. The van der Waals surface area contributed by atoms with E-state index in [-0.39, 0.29) is 0 Å². The van der Waals surface area contributed by atoms with Crippen LogP contribution < -0.4 is 9.47 Å². The van der Waals surface area contributed by atoms with Crippen molar-refractivity contribution in [3.05, 3.63) is 59.7 Å². The molecule has 2 aliphatic rings. The van der Waals surface area contributed by atoms with Crippen molar-refractivity contribution in [2.75, 3.05) is 36.2 Å². The molecule has 222 valence electrons. The normalized spacial score (nSPS) is 19.2. The van der Waals surface area contributed by atoms with Crippen molar-refractivity contribution < 1.29 is 9.47 Å². The number of hydrogen-bond acceptors (Lipinski definition) is 6. The van der Waals surface area contributed by atoms with Crippen molar-refractivity contribution in [2.45, 2.75) is 78.9 Å². The van der Waals surface area contributed by atoms with Crippen LogP contribution in [0.3, 0.4) is 0 Å². The van der Waals surface area contributed by atoms with Gasteiger partial charge in [0.05, 0.1) is 0 Å². The zero-order valence-corrected chi connectivity index (χ0v) is 33.0. The molecular weight excluding hydrogens is 690 g/mol. The van der Waals surface area contributed by atoms with Crippen LogP contribution in [-0.2, 0) is 5.82 Å². The molecule has 4 rings (SSSR count). The fraction of sp³-hybridized carbons (Fsp3) is 0.625. The molecule has 0 atom stereocenters. The van der Waals surface area contributed by atoms with Crippen molar-refractivity contribution in [1.29, 1.82) is 0 Å². The number of ether oxygens (including phenoxy) is 2. The van der Waals surface area contributed by atoms with Crippen LogP contribution in [0, 0.1) is 0 Å². The molecule has 0 unspecified atom stereocenters. The molecule has 8 heteroatoms. The summed E-state index contributed by atoms with van der Waals surface area (Å²) in [5, 5.41) is 0. The molecule has 2 nitrogen and oxygen atoms in total. The molecule has 2 fully saturated rings. The molecule has 2 aliphatic heterocycles. The van der Waals surface area contributed by atoms with E-state index < -0.39 is 26.5 Å². The Kier molecular flexibility index (Phi) is 12.5. The van der Waals surface area contributed by atoms with Crippen LogP contribution in [0.25, 0.3) is 0 Å². The van der Waals surface area contributed by atoms with Gasteiger partial charge in [0.2, 0.25) is 0 Å². The predicted molar refractivity (Wildman–Crippen MR) is 191 cm³/mol. The van der Waals surface area contributed by atoms with E-state index in [1.807, 2.05) is 0 Å². The van der Waals surface area contributed by atoms with Crippen molar-refractivity contribution in [3.63, 3.8) is 0 Å². The third kappa shape index (κ3) is 8.16. The van der Waals surface area contributed by atoms with Gasteiger partial charge in [-0.2, -0.15) is 0 Å². The molecule has 2 saturated heterocycles. The Morgan fingerprint density at radius 3 is 1.15 bits per heavy atom. The second-order valence-corrected chi connectivity index (χ2v) is 43.8. The van der Waals surface area contributed by atoms with E-state index in [4.69, 9.17) is 9.47 Å². The molecule has 0 N–H and O–H groups in total. The Bertz CT molecular complexity index is 951. The first kappa shape index (κ1) is 33.4. The van der Waals surface area contributed by atoms with Crippen LogP contribution in [0.5, 0.6) is 11.5 Å². The van der Waals surface area contributed by atoms with Crippen LogP contribution in [0.2, 0.25) is 34.5 Å². The van der Waals surface area contributed by atoms with Gasteiger partial charge in [0.15, 0.2) is 0 Å². The molecule has 2 aromatic rings. The van der Waals surface area contributed by atoms with E-state index in [0.29, 0.717) is 5.82 Å². The number of rotatable bonds is 13. The Balaban J connectivity index is 1.14. The Labute approximate surface area is 267 Å². The summed E-state index contributed by atoms with van der Waals surface area (Å²) in [5.74, 6) is 22.6. The Hall–Kier alpha value is 0.526. The summed E-state index contributed by atoms with van der Waals surface area (Å²) in [6, 6.07) is 18.2. The summed E-state index contributed by atoms with van der Waals surface area (Å²) in [5.41, 5.74) is 3.03. The zero-order chi connectivity index (χ0) is 28.7. The molecule has 0 saturated carbocycles.